The standard InChI is InChI=1S/C16H26N2.C2H6/c1-4-5-11-17(2)13-14-10-12-18(3)16-9-7-6-8-15(14)16;1-2/h6-9,14H,4-5,10-13H2,1-3H3;1-2H3. The normalized spacial score (nSPS) is 17.5. The number of unbranched alkanes of at least 4 members (excludes halogenated alkanes) is 1. The molecule has 2 rings (SSSR count). The van der Waals surface area contributed by atoms with Crippen LogP contribution in [-0.2, 0) is 0 Å². The van der Waals surface area contributed by atoms with Crippen molar-refractivity contribution in [1.82, 2.24) is 4.90 Å². The summed E-state index contributed by atoms with van der Waals surface area (Å²) in [4.78, 5) is 4.88. The quantitative estimate of drug-likeness (QED) is 0.788. The molecule has 2 nitrogen and oxygen atoms in total. The van der Waals surface area contributed by atoms with Crippen molar-refractivity contribution < 1.29 is 0 Å². The zero-order valence-corrected chi connectivity index (χ0v) is 14.0. The maximum Gasteiger partial charge on any atom is 0.0399 e. The predicted octanol–water partition coefficient (Wildman–Crippen LogP) is 4.37. The van der Waals surface area contributed by atoms with Gasteiger partial charge < -0.3 is 9.80 Å². The van der Waals surface area contributed by atoms with Gasteiger partial charge in [-0.05, 0) is 38.1 Å². The largest absolute Gasteiger partial charge is 0.374 e. The first-order valence-corrected chi connectivity index (χ1v) is 8.21. The summed E-state index contributed by atoms with van der Waals surface area (Å²) in [6.45, 7) is 9.87. The molecule has 0 bridgehead atoms. The highest BCUT2D eigenvalue weighted by molar-refractivity contribution is 5.56. The van der Waals surface area contributed by atoms with Crippen molar-refractivity contribution in [3.8, 4) is 0 Å². The fourth-order valence-corrected chi connectivity index (χ4v) is 2.89. The molecule has 0 saturated carbocycles. The number of hydrogen-bond donors (Lipinski definition) is 0. The molecule has 0 aliphatic carbocycles. The lowest BCUT2D eigenvalue weighted by Gasteiger charge is -2.35. The molecule has 1 aliphatic heterocycles. The minimum atomic E-state index is 0.708. The van der Waals surface area contributed by atoms with E-state index in [1.807, 2.05) is 13.8 Å². The molecule has 0 radical (unpaired) electrons. The van der Waals surface area contributed by atoms with Crippen molar-refractivity contribution in [1.29, 1.82) is 0 Å². The number of rotatable bonds is 5. The zero-order chi connectivity index (χ0) is 15.0. The van der Waals surface area contributed by atoms with E-state index in [0.717, 1.165) is 0 Å². The Hall–Kier alpha value is -1.02. The van der Waals surface area contributed by atoms with E-state index >= 15 is 0 Å². The van der Waals surface area contributed by atoms with E-state index in [4.69, 9.17) is 0 Å². The average molecular weight is 276 g/mol. The molecule has 1 unspecified atom stereocenters. The van der Waals surface area contributed by atoms with Crippen LogP contribution in [0.3, 0.4) is 0 Å². The van der Waals surface area contributed by atoms with Gasteiger partial charge in [0, 0.05) is 31.7 Å². The Morgan fingerprint density at radius 3 is 2.65 bits per heavy atom. The van der Waals surface area contributed by atoms with Gasteiger partial charge in [0.2, 0.25) is 0 Å². The van der Waals surface area contributed by atoms with E-state index in [1.165, 1.54) is 50.1 Å². The third kappa shape index (κ3) is 4.52. The highest BCUT2D eigenvalue weighted by Gasteiger charge is 2.23. The third-order valence-electron chi connectivity index (χ3n) is 4.03. The molecule has 2 heteroatoms. The molecule has 114 valence electrons. The molecule has 1 atom stereocenters. The molecule has 0 amide bonds. The lowest BCUT2D eigenvalue weighted by molar-refractivity contribution is 0.298. The summed E-state index contributed by atoms with van der Waals surface area (Å²) < 4.78 is 0. The van der Waals surface area contributed by atoms with E-state index in [0.29, 0.717) is 5.92 Å². The van der Waals surface area contributed by atoms with Gasteiger partial charge >= 0.3 is 0 Å². The number of nitrogens with zero attached hydrogens (tertiary/aromatic N) is 2. The first-order valence-electron chi connectivity index (χ1n) is 8.21. The van der Waals surface area contributed by atoms with Crippen molar-refractivity contribution in [3.05, 3.63) is 29.8 Å². The van der Waals surface area contributed by atoms with Crippen molar-refractivity contribution >= 4 is 5.69 Å². The van der Waals surface area contributed by atoms with Crippen LogP contribution in [0.2, 0.25) is 0 Å². The van der Waals surface area contributed by atoms with E-state index in [-0.39, 0.29) is 0 Å². The third-order valence-corrected chi connectivity index (χ3v) is 4.03. The van der Waals surface area contributed by atoms with Crippen LogP contribution in [0.1, 0.15) is 51.5 Å². The number of para-hydroxylation sites is 1. The minimum absolute atomic E-state index is 0.708. The molecule has 1 aliphatic rings. The van der Waals surface area contributed by atoms with Gasteiger partial charge in [0.05, 0.1) is 0 Å². The van der Waals surface area contributed by atoms with Gasteiger partial charge in [-0.3, -0.25) is 0 Å². The topological polar surface area (TPSA) is 6.48 Å². The Morgan fingerprint density at radius 2 is 1.95 bits per heavy atom. The van der Waals surface area contributed by atoms with Gasteiger partial charge in [-0.2, -0.15) is 0 Å². The number of hydrogen-bond acceptors (Lipinski definition) is 2. The molecule has 0 spiro atoms. The van der Waals surface area contributed by atoms with Gasteiger partial charge in [0.25, 0.3) is 0 Å². The molecular weight excluding hydrogens is 244 g/mol. The second kappa shape index (κ2) is 9.02. The zero-order valence-electron chi connectivity index (χ0n) is 14.0. The Labute approximate surface area is 125 Å². The van der Waals surface area contributed by atoms with Crippen LogP contribution in [-0.4, -0.2) is 38.6 Å². The van der Waals surface area contributed by atoms with Gasteiger partial charge in [-0.15, -0.1) is 0 Å². The molecule has 20 heavy (non-hydrogen) atoms. The summed E-state index contributed by atoms with van der Waals surface area (Å²) in [6, 6.07) is 8.90. The van der Waals surface area contributed by atoms with Crippen LogP contribution < -0.4 is 4.90 Å². The lowest BCUT2D eigenvalue weighted by Crippen LogP contribution is -2.33. The molecule has 0 fully saturated rings. The number of anilines is 1. The molecule has 1 aromatic rings. The Bertz CT molecular complexity index is 375. The molecule has 0 saturated heterocycles. The highest BCUT2D eigenvalue weighted by Crippen LogP contribution is 2.34. The van der Waals surface area contributed by atoms with Gasteiger partial charge in [0.15, 0.2) is 0 Å². The SMILES string of the molecule is CC.CCCCN(C)CC1CCN(C)c2ccccc21. The summed E-state index contributed by atoms with van der Waals surface area (Å²) in [5.41, 5.74) is 2.97. The Balaban J connectivity index is 0.000000956. The summed E-state index contributed by atoms with van der Waals surface area (Å²) >= 11 is 0. The fraction of sp³-hybridized carbons (Fsp3) is 0.667. The molecule has 1 aromatic carbocycles. The highest BCUT2D eigenvalue weighted by atomic mass is 15.1. The molecule has 0 N–H and O–H groups in total. The number of likely N-dealkylation sites (N-methyl/N-ethyl adjacent to an activating group) is 1. The minimum Gasteiger partial charge on any atom is -0.374 e. The predicted molar refractivity (Wildman–Crippen MR) is 90.8 cm³/mol. The number of benzene rings is 1. The van der Waals surface area contributed by atoms with Gasteiger partial charge in [-0.1, -0.05) is 45.4 Å². The van der Waals surface area contributed by atoms with Crippen LogP contribution in [0.25, 0.3) is 0 Å². The number of fused-ring (bicyclic) bond motifs is 1. The van der Waals surface area contributed by atoms with Crippen molar-refractivity contribution in [2.45, 2.75) is 46.0 Å². The monoisotopic (exact) mass is 276 g/mol. The van der Waals surface area contributed by atoms with E-state index in [2.05, 4.69) is 55.1 Å². The molecule has 0 aromatic heterocycles. The van der Waals surface area contributed by atoms with Crippen molar-refractivity contribution in [2.75, 3.05) is 38.6 Å². The van der Waals surface area contributed by atoms with E-state index in [9.17, 15) is 0 Å². The van der Waals surface area contributed by atoms with E-state index < -0.39 is 0 Å². The smallest absolute Gasteiger partial charge is 0.0399 e. The second-order valence-corrected chi connectivity index (χ2v) is 5.58. The second-order valence-electron chi connectivity index (χ2n) is 5.58. The molecular formula is C18H32N2. The first-order chi connectivity index (χ1) is 9.72. The lowest BCUT2D eigenvalue weighted by atomic mass is 9.89. The van der Waals surface area contributed by atoms with Gasteiger partial charge in [-0.25, -0.2) is 0 Å². The van der Waals surface area contributed by atoms with Crippen molar-refractivity contribution in [2.24, 2.45) is 0 Å². The van der Waals surface area contributed by atoms with Crippen LogP contribution in [0.5, 0.6) is 0 Å². The summed E-state index contributed by atoms with van der Waals surface area (Å²) in [5.74, 6) is 0.708. The van der Waals surface area contributed by atoms with Crippen LogP contribution in [0, 0.1) is 0 Å². The van der Waals surface area contributed by atoms with Crippen LogP contribution in [0.4, 0.5) is 5.69 Å². The summed E-state index contributed by atoms with van der Waals surface area (Å²) in [5, 5.41) is 0. The maximum atomic E-state index is 2.50. The van der Waals surface area contributed by atoms with Crippen LogP contribution in [0.15, 0.2) is 24.3 Å². The molecule has 1 heterocycles. The first kappa shape index (κ1) is 17.0. The van der Waals surface area contributed by atoms with Crippen molar-refractivity contribution in [3.63, 3.8) is 0 Å². The summed E-state index contributed by atoms with van der Waals surface area (Å²) in [6.07, 6.45) is 3.88. The maximum absolute atomic E-state index is 2.50. The van der Waals surface area contributed by atoms with Crippen LogP contribution >= 0.6 is 0 Å². The summed E-state index contributed by atoms with van der Waals surface area (Å²) in [7, 11) is 4.46. The Kier molecular flexibility index (Phi) is 7.68. The Morgan fingerprint density at radius 1 is 1.25 bits per heavy atom. The van der Waals surface area contributed by atoms with Gasteiger partial charge in [0.1, 0.15) is 0 Å². The van der Waals surface area contributed by atoms with E-state index in [1.54, 1.807) is 0 Å². The fourth-order valence-electron chi connectivity index (χ4n) is 2.89. The average Bonchev–Trinajstić information content (AvgIpc) is 2.50.